The van der Waals surface area contributed by atoms with Crippen LogP contribution in [0.3, 0.4) is 0 Å². The fourth-order valence-corrected chi connectivity index (χ4v) is 4.14. The number of hydrogen-bond acceptors (Lipinski definition) is 5. The Hall–Kier alpha value is -2.58. The van der Waals surface area contributed by atoms with E-state index in [0.717, 1.165) is 41.6 Å². The van der Waals surface area contributed by atoms with Gasteiger partial charge in [0.05, 0.1) is 17.5 Å². The van der Waals surface area contributed by atoms with E-state index < -0.39 is 0 Å². The van der Waals surface area contributed by atoms with Gasteiger partial charge in [0.2, 0.25) is 0 Å². The maximum absolute atomic E-state index is 13.1. The first-order chi connectivity index (χ1) is 13.5. The second-order valence-electron chi connectivity index (χ2n) is 6.99. The van der Waals surface area contributed by atoms with Gasteiger partial charge in [0, 0.05) is 56.4 Å². The molecule has 0 spiro atoms. The van der Waals surface area contributed by atoms with Crippen molar-refractivity contribution in [3.63, 3.8) is 0 Å². The van der Waals surface area contributed by atoms with Crippen LogP contribution >= 0.6 is 11.3 Å². The first kappa shape index (κ1) is 18.8. The van der Waals surface area contributed by atoms with E-state index >= 15 is 0 Å². The third-order valence-electron chi connectivity index (χ3n) is 5.15. The number of hydrogen-bond donors (Lipinski definition) is 0. The molecule has 6 nitrogen and oxygen atoms in total. The summed E-state index contributed by atoms with van der Waals surface area (Å²) in [4.78, 5) is 21.6. The first-order valence-electron chi connectivity index (χ1n) is 9.22. The number of amides is 1. The lowest BCUT2D eigenvalue weighted by molar-refractivity contribution is 0.0626. The van der Waals surface area contributed by atoms with Gasteiger partial charge >= 0.3 is 0 Å². The topological polar surface area (TPSA) is 54.3 Å². The largest absolute Gasteiger partial charge is 0.336 e. The van der Waals surface area contributed by atoms with Crippen LogP contribution < -0.4 is 0 Å². The molecule has 4 rings (SSSR count). The molecule has 1 amide bonds. The van der Waals surface area contributed by atoms with Crippen molar-refractivity contribution in [3.8, 4) is 10.6 Å². The molecule has 1 aliphatic heterocycles. The van der Waals surface area contributed by atoms with Gasteiger partial charge in [0.1, 0.15) is 10.8 Å². The summed E-state index contributed by atoms with van der Waals surface area (Å²) in [6.45, 7) is 5.69. The summed E-state index contributed by atoms with van der Waals surface area (Å²) < 4.78 is 14.8. The van der Waals surface area contributed by atoms with Crippen molar-refractivity contribution in [1.29, 1.82) is 0 Å². The third kappa shape index (κ3) is 3.83. The van der Waals surface area contributed by atoms with Crippen LogP contribution in [0.15, 0.2) is 35.8 Å². The minimum atomic E-state index is -0.241. The van der Waals surface area contributed by atoms with Gasteiger partial charge in [-0.15, -0.1) is 11.3 Å². The highest BCUT2D eigenvalue weighted by Gasteiger charge is 2.24. The molecule has 0 unspecified atom stereocenters. The van der Waals surface area contributed by atoms with Gasteiger partial charge in [-0.05, 0) is 31.2 Å². The zero-order chi connectivity index (χ0) is 19.7. The second kappa shape index (κ2) is 7.81. The van der Waals surface area contributed by atoms with Crippen LogP contribution in [0.2, 0.25) is 0 Å². The lowest BCUT2D eigenvalue weighted by Crippen LogP contribution is -2.48. The van der Waals surface area contributed by atoms with E-state index in [1.165, 1.54) is 12.1 Å². The lowest BCUT2D eigenvalue weighted by atomic mass is 10.2. The summed E-state index contributed by atoms with van der Waals surface area (Å²) in [5.41, 5.74) is 3.51. The smallest absolute Gasteiger partial charge is 0.257 e. The number of rotatable bonds is 4. The zero-order valence-corrected chi connectivity index (χ0v) is 16.7. The Balaban J connectivity index is 1.34. The molecule has 0 N–H and O–H groups in total. The molecule has 0 saturated carbocycles. The van der Waals surface area contributed by atoms with Crippen molar-refractivity contribution in [3.05, 3.63) is 58.6 Å². The van der Waals surface area contributed by atoms with Gasteiger partial charge in [-0.25, -0.2) is 9.37 Å². The Kier molecular flexibility index (Phi) is 5.23. The number of benzene rings is 1. The zero-order valence-electron chi connectivity index (χ0n) is 15.9. The molecule has 0 aliphatic carbocycles. The van der Waals surface area contributed by atoms with Crippen LogP contribution in [0.5, 0.6) is 0 Å². The number of nitrogens with zero attached hydrogens (tertiary/aromatic N) is 5. The molecular formula is C20H22FN5OS. The maximum atomic E-state index is 13.1. The van der Waals surface area contributed by atoms with Crippen LogP contribution in [-0.4, -0.2) is 56.7 Å². The van der Waals surface area contributed by atoms with Crippen LogP contribution in [-0.2, 0) is 13.6 Å². The van der Waals surface area contributed by atoms with Crippen LogP contribution in [0.4, 0.5) is 4.39 Å². The number of aromatic nitrogens is 3. The molecule has 3 aromatic rings. The van der Waals surface area contributed by atoms with Crippen LogP contribution in [0, 0.1) is 12.7 Å². The van der Waals surface area contributed by atoms with Crippen molar-refractivity contribution in [1.82, 2.24) is 24.6 Å². The number of thiazole rings is 1. The van der Waals surface area contributed by atoms with Crippen molar-refractivity contribution < 1.29 is 9.18 Å². The number of halogens is 1. The molecule has 0 atom stereocenters. The highest BCUT2D eigenvalue weighted by molar-refractivity contribution is 7.13. The summed E-state index contributed by atoms with van der Waals surface area (Å²) >= 11 is 1.57. The SMILES string of the molecule is Cc1c(C(=O)N2CCN(Cc3csc(-c4ccc(F)cc4)n3)CC2)cnn1C. The molecule has 28 heavy (non-hydrogen) atoms. The summed E-state index contributed by atoms with van der Waals surface area (Å²) in [6.07, 6.45) is 1.65. The van der Waals surface area contributed by atoms with Crippen molar-refractivity contribution >= 4 is 17.2 Å². The van der Waals surface area contributed by atoms with Gasteiger partial charge in [0.15, 0.2) is 0 Å². The lowest BCUT2D eigenvalue weighted by Gasteiger charge is -2.34. The quantitative estimate of drug-likeness (QED) is 0.677. The van der Waals surface area contributed by atoms with Gasteiger partial charge < -0.3 is 4.90 Å². The fraction of sp³-hybridized carbons (Fsp3) is 0.350. The average Bonchev–Trinajstić information content (AvgIpc) is 3.30. The average molecular weight is 399 g/mol. The van der Waals surface area contributed by atoms with Gasteiger partial charge in [0.25, 0.3) is 5.91 Å². The van der Waals surface area contributed by atoms with E-state index in [1.54, 1.807) is 34.3 Å². The second-order valence-corrected chi connectivity index (χ2v) is 7.84. The predicted molar refractivity (Wildman–Crippen MR) is 107 cm³/mol. The Morgan fingerprint density at radius 3 is 2.54 bits per heavy atom. The Morgan fingerprint density at radius 2 is 1.89 bits per heavy atom. The van der Waals surface area contributed by atoms with E-state index in [2.05, 4.69) is 20.4 Å². The van der Waals surface area contributed by atoms with Crippen molar-refractivity contribution in [2.75, 3.05) is 26.2 Å². The third-order valence-corrected chi connectivity index (χ3v) is 6.09. The maximum Gasteiger partial charge on any atom is 0.257 e. The molecule has 8 heteroatoms. The first-order valence-corrected chi connectivity index (χ1v) is 10.1. The molecule has 146 valence electrons. The van der Waals surface area contributed by atoms with Crippen molar-refractivity contribution in [2.24, 2.45) is 7.05 Å². The van der Waals surface area contributed by atoms with Gasteiger partial charge in [-0.2, -0.15) is 5.10 Å². The number of carbonyl (C=O) groups is 1. The van der Waals surface area contributed by atoms with Crippen LogP contribution in [0.25, 0.3) is 10.6 Å². The predicted octanol–water partition coefficient (Wildman–Crippen LogP) is 2.95. The molecule has 1 saturated heterocycles. The van der Waals surface area contributed by atoms with E-state index in [0.29, 0.717) is 18.7 Å². The number of carbonyl (C=O) groups excluding carboxylic acids is 1. The number of piperazine rings is 1. The standard InChI is InChI=1S/C20H22FN5OS/c1-14-18(11-22-24(14)2)20(27)26-9-7-25(8-10-26)12-17-13-28-19(23-17)15-3-5-16(21)6-4-15/h3-6,11,13H,7-10,12H2,1-2H3. The summed E-state index contributed by atoms with van der Waals surface area (Å²) in [5.74, 6) is -0.188. The summed E-state index contributed by atoms with van der Waals surface area (Å²) in [7, 11) is 1.85. The molecule has 1 fully saturated rings. The van der Waals surface area contributed by atoms with Crippen LogP contribution in [0.1, 0.15) is 21.7 Å². The summed E-state index contributed by atoms with van der Waals surface area (Å²) in [6, 6.07) is 6.42. The van der Waals surface area contributed by atoms with E-state index in [9.17, 15) is 9.18 Å². The Labute approximate surface area is 167 Å². The minimum Gasteiger partial charge on any atom is -0.336 e. The fourth-order valence-electron chi connectivity index (χ4n) is 3.32. The number of aryl methyl sites for hydroxylation is 1. The van der Waals surface area contributed by atoms with E-state index in [1.807, 2.05) is 18.9 Å². The van der Waals surface area contributed by atoms with Gasteiger partial charge in [-0.3, -0.25) is 14.4 Å². The molecule has 1 aliphatic rings. The molecule has 3 heterocycles. The molecule has 0 radical (unpaired) electrons. The normalized spacial score (nSPS) is 15.2. The Bertz CT molecular complexity index is 973. The molecule has 1 aromatic carbocycles. The van der Waals surface area contributed by atoms with E-state index in [4.69, 9.17) is 0 Å². The highest BCUT2D eigenvalue weighted by Crippen LogP contribution is 2.24. The minimum absolute atomic E-state index is 0.0532. The Morgan fingerprint density at radius 1 is 1.18 bits per heavy atom. The molecular weight excluding hydrogens is 377 g/mol. The molecule has 2 aromatic heterocycles. The van der Waals surface area contributed by atoms with E-state index in [-0.39, 0.29) is 11.7 Å². The van der Waals surface area contributed by atoms with Gasteiger partial charge in [-0.1, -0.05) is 0 Å². The monoisotopic (exact) mass is 399 g/mol. The molecule has 0 bridgehead atoms. The van der Waals surface area contributed by atoms with Crippen molar-refractivity contribution in [2.45, 2.75) is 13.5 Å². The summed E-state index contributed by atoms with van der Waals surface area (Å²) in [5, 5.41) is 7.12. The highest BCUT2D eigenvalue weighted by atomic mass is 32.1.